The van der Waals surface area contributed by atoms with Crippen LogP contribution in [0.4, 0.5) is 5.82 Å². The summed E-state index contributed by atoms with van der Waals surface area (Å²) >= 11 is 0. The van der Waals surface area contributed by atoms with Gasteiger partial charge < -0.3 is 15.0 Å². The van der Waals surface area contributed by atoms with E-state index < -0.39 is 0 Å². The van der Waals surface area contributed by atoms with Crippen LogP contribution in [0.15, 0.2) is 12.1 Å². The van der Waals surface area contributed by atoms with Gasteiger partial charge in [-0.3, -0.25) is 0 Å². The zero-order chi connectivity index (χ0) is 15.1. The number of rotatable bonds is 5. The fourth-order valence-electron chi connectivity index (χ4n) is 3.82. The molecule has 4 heteroatoms. The molecular weight excluding hydrogens is 274 g/mol. The van der Waals surface area contributed by atoms with Crippen molar-refractivity contribution in [3.05, 3.63) is 23.4 Å². The number of fused-ring (bicyclic) bond motifs is 3. The lowest BCUT2D eigenvalue weighted by Gasteiger charge is -2.37. The standard InChI is InChI=1S/C18H27N3O/c1-3-17(22-11-13-4-5-13)16-7-6-14-8-15-10-19-9-12(2)21(15)18(14)20-16/h6-7,12-13,15,17,19H,3-5,8-11H2,1-2H3/t12-,15-,17?/m1/s1. The van der Waals surface area contributed by atoms with E-state index >= 15 is 0 Å². The van der Waals surface area contributed by atoms with E-state index in [1.54, 1.807) is 0 Å². The molecule has 0 amide bonds. The molecule has 0 spiro atoms. The number of piperazine rings is 1. The van der Waals surface area contributed by atoms with Gasteiger partial charge in [0, 0.05) is 25.2 Å². The largest absolute Gasteiger partial charge is 0.372 e. The Balaban J connectivity index is 1.56. The first-order valence-electron chi connectivity index (χ1n) is 8.86. The maximum Gasteiger partial charge on any atom is 0.132 e. The van der Waals surface area contributed by atoms with Gasteiger partial charge in [-0.25, -0.2) is 4.98 Å². The van der Waals surface area contributed by atoms with Crippen LogP contribution in [0.3, 0.4) is 0 Å². The van der Waals surface area contributed by atoms with Gasteiger partial charge >= 0.3 is 0 Å². The molecule has 1 saturated carbocycles. The minimum atomic E-state index is 0.156. The molecule has 0 aromatic carbocycles. The first kappa shape index (κ1) is 14.5. The maximum atomic E-state index is 6.13. The van der Waals surface area contributed by atoms with Crippen molar-refractivity contribution in [2.24, 2.45) is 5.92 Å². The number of nitrogens with one attached hydrogen (secondary N) is 1. The van der Waals surface area contributed by atoms with Crippen molar-refractivity contribution in [2.75, 3.05) is 24.6 Å². The molecule has 3 atom stereocenters. The van der Waals surface area contributed by atoms with Crippen LogP contribution in [0.5, 0.6) is 0 Å². The number of hydrogen-bond donors (Lipinski definition) is 1. The normalized spacial score (nSPS) is 28.4. The lowest BCUT2D eigenvalue weighted by molar-refractivity contribution is 0.0399. The van der Waals surface area contributed by atoms with Gasteiger partial charge in [-0.1, -0.05) is 13.0 Å². The van der Waals surface area contributed by atoms with Crippen molar-refractivity contribution in [3.8, 4) is 0 Å². The molecule has 22 heavy (non-hydrogen) atoms. The topological polar surface area (TPSA) is 37.4 Å². The first-order valence-corrected chi connectivity index (χ1v) is 8.86. The van der Waals surface area contributed by atoms with Crippen molar-refractivity contribution in [1.82, 2.24) is 10.3 Å². The van der Waals surface area contributed by atoms with Gasteiger partial charge in [-0.15, -0.1) is 0 Å². The fraction of sp³-hybridized carbons (Fsp3) is 0.722. The third kappa shape index (κ3) is 2.63. The number of ether oxygens (including phenoxy) is 1. The average molecular weight is 301 g/mol. The van der Waals surface area contributed by atoms with Gasteiger partial charge in [0.1, 0.15) is 5.82 Å². The summed E-state index contributed by atoms with van der Waals surface area (Å²) in [7, 11) is 0. The highest BCUT2D eigenvalue weighted by Gasteiger charge is 2.36. The fourth-order valence-corrected chi connectivity index (χ4v) is 3.82. The second-order valence-corrected chi connectivity index (χ2v) is 7.16. The Morgan fingerprint density at radius 2 is 2.23 bits per heavy atom. The smallest absolute Gasteiger partial charge is 0.132 e. The summed E-state index contributed by atoms with van der Waals surface area (Å²) in [6.45, 7) is 7.53. The molecule has 3 aliphatic rings. The molecule has 2 aliphatic heterocycles. The van der Waals surface area contributed by atoms with E-state index in [-0.39, 0.29) is 6.10 Å². The lowest BCUT2D eigenvalue weighted by Crippen LogP contribution is -2.55. The molecule has 4 rings (SSSR count). The van der Waals surface area contributed by atoms with Crippen LogP contribution in [-0.4, -0.2) is 36.8 Å². The Hall–Kier alpha value is -1.13. The molecule has 0 bridgehead atoms. The van der Waals surface area contributed by atoms with Crippen molar-refractivity contribution in [1.29, 1.82) is 0 Å². The first-order chi connectivity index (χ1) is 10.8. The molecule has 0 radical (unpaired) electrons. The van der Waals surface area contributed by atoms with E-state index in [0.717, 1.165) is 44.1 Å². The molecule has 3 heterocycles. The van der Waals surface area contributed by atoms with Crippen LogP contribution in [0.2, 0.25) is 0 Å². The van der Waals surface area contributed by atoms with Crippen LogP contribution >= 0.6 is 0 Å². The number of anilines is 1. The monoisotopic (exact) mass is 301 g/mol. The third-order valence-corrected chi connectivity index (χ3v) is 5.30. The molecule has 1 N–H and O–H groups in total. The van der Waals surface area contributed by atoms with Crippen LogP contribution in [-0.2, 0) is 11.2 Å². The molecule has 1 aromatic rings. The van der Waals surface area contributed by atoms with Gasteiger partial charge in [-0.2, -0.15) is 0 Å². The van der Waals surface area contributed by atoms with Crippen molar-refractivity contribution in [2.45, 2.75) is 57.7 Å². The molecule has 1 saturated heterocycles. The molecule has 1 aromatic heterocycles. The quantitative estimate of drug-likeness (QED) is 0.907. The SMILES string of the molecule is CCC(OCC1CC1)c1ccc2c(n1)N1[C@@H](CNC[C@H]1C)C2. The molecular formula is C18H27N3O. The lowest BCUT2D eigenvalue weighted by atomic mass is 10.1. The predicted octanol–water partition coefficient (Wildman–Crippen LogP) is 2.68. The number of aromatic nitrogens is 1. The summed E-state index contributed by atoms with van der Waals surface area (Å²) in [5.74, 6) is 2.02. The van der Waals surface area contributed by atoms with Crippen LogP contribution in [0.25, 0.3) is 0 Å². The predicted molar refractivity (Wildman–Crippen MR) is 88.2 cm³/mol. The van der Waals surface area contributed by atoms with E-state index in [0.29, 0.717) is 12.1 Å². The Labute approximate surface area is 133 Å². The summed E-state index contributed by atoms with van der Waals surface area (Å²) in [5, 5.41) is 3.53. The minimum Gasteiger partial charge on any atom is -0.372 e. The van der Waals surface area contributed by atoms with Gasteiger partial charge in [0.15, 0.2) is 0 Å². The van der Waals surface area contributed by atoms with E-state index in [9.17, 15) is 0 Å². The third-order valence-electron chi connectivity index (χ3n) is 5.30. The van der Waals surface area contributed by atoms with E-state index in [1.165, 1.54) is 24.2 Å². The molecule has 2 fully saturated rings. The zero-order valence-corrected chi connectivity index (χ0v) is 13.7. The van der Waals surface area contributed by atoms with Gasteiger partial charge in [0.25, 0.3) is 0 Å². The van der Waals surface area contributed by atoms with Gasteiger partial charge in [0.2, 0.25) is 0 Å². The van der Waals surface area contributed by atoms with E-state index in [4.69, 9.17) is 9.72 Å². The Bertz CT molecular complexity index is 543. The minimum absolute atomic E-state index is 0.156. The Morgan fingerprint density at radius 1 is 1.36 bits per heavy atom. The van der Waals surface area contributed by atoms with Crippen molar-refractivity contribution < 1.29 is 4.74 Å². The van der Waals surface area contributed by atoms with Crippen LogP contribution < -0.4 is 10.2 Å². The summed E-state index contributed by atoms with van der Waals surface area (Å²) in [4.78, 5) is 7.56. The summed E-state index contributed by atoms with van der Waals surface area (Å²) < 4.78 is 6.13. The molecule has 1 unspecified atom stereocenters. The highest BCUT2D eigenvalue weighted by atomic mass is 16.5. The zero-order valence-electron chi connectivity index (χ0n) is 13.7. The van der Waals surface area contributed by atoms with Crippen molar-refractivity contribution >= 4 is 5.82 Å². The van der Waals surface area contributed by atoms with E-state index in [1.807, 2.05) is 0 Å². The second kappa shape index (κ2) is 5.82. The summed E-state index contributed by atoms with van der Waals surface area (Å²) in [5.41, 5.74) is 2.52. The van der Waals surface area contributed by atoms with E-state index in [2.05, 4.69) is 36.2 Å². The maximum absolute atomic E-state index is 6.13. The van der Waals surface area contributed by atoms with Crippen molar-refractivity contribution in [3.63, 3.8) is 0 Å². The molecule has 1 aliphatic carbocycles. The van der Waals surface area contributed by atoms with Gasteiger partial charge in [0.05, 0.1) is 18.4 Å². The number of nitrogens with zero attached hydrogens (tertiary/aromatic N) is 2. The summed E-state index contributed by atoms with van der Waals surface area (Å²) in [6, 6.07) is 5.58. The summed E-state index contributed by atoms with van der Waals surface area (Å²) in [6.07, 6.45) is 4.96. The highest BCUT2D eigenvalue weighted by molar-refractivity contribution is 5.56. The molecule has 120 valence electrons. The van der Waals surface area contributed by atoms with Crippen LogP contribution in [0, 0.1) is 5.92 Å². The van der Waals surface area contributed by atoms with Crippen LogP contribution in [0.1, 0.15) is 50.5 Å². The van der Waals surface area contributed by atoms with Gasteiger partial charge in [-0.05, 0) is 50.2 Å². The second-order valence-electron chi connectivity index (χ2n) is 7.16. The number of pyridine rings is 1. The number of hydrogen-bond acceptors (Lipinski definition) is 4. The Kier molecular flexibility index (Phi) is 3.82. The molecule has 4 nitrogen and oxygen atoms in total. The average Bonchev–Trinajstić information content (AvgIpc) is 3.27. The Morgan fingerprint density at radius 3 is 3.00 bits per heavy atom. The highest BCUT2D eigenvalue weighted by Crippen LogP contribution is 2.36.